The lowest BCUT2D eigenvalue weighted by atomic mass is 10.2. The van der Waals surface area contributed by atoms with Crippen molar-refractivity contribution in [3.05, 3.63) is 29.8 Å². The van der Waals surface area contributed by atoms with Crippen molar-refractivity contribution in [3.63, 3.8) is 0 Å². The van der Waals surface area contributed by atoms with E-state index in [0.29, 0.717) is 5.56 Å². The van der Waals surface area contributed by atoms with Gasteiger partial charge >= 0.3 is 0 Å². The summed E-state index contributed by atoms with van der Waals surface area (Å²) in [7, 11) is 0. The predicted molar refractivity (Wildman–Crippen MR) is 53.4 cm³/mol. The zero-order chi connectivity index (χ0) is 10.6. The van der Waals surface area contributed by atoms with E-state index in [0.717, 1.165) is 5.69 Å². The number of nitrogens with two attached hydrogens (primary N) is 1. The summed E-state index contributed by atoms with van der Waals surface area (Å²) in [6, 6.07) is 8.42. The molecule has 0 fully saturated rings. The number of carbonyl (C=O) groups excluding carboxylic acids is 1. The maximum atomic E-state index is 10.7. The highest BCUT2D eigenvalue weighted by Gasteiger charge is 2.06. The molecule has 0 saturated heterocycles. The highest BCUT2D eigenvalue weighted by molar-refractivity contribution is 5.82. The fourth-order valence-electron chi connectivity index (χ4n) is 0.962. The zero-order valence-electron chi connectivity index (χ0n) is 7.82. The lowest BCUT2D eigenvalue weighted by Crippen LogP contribution is -2.32. The molecule has 0 spiro atoms. The lowest BCUT2D eigenvalue weighted by Gasteiger charge is -2.10. The van der Waals surface area contributed by atoms with Crippen LogP contribution in [-0.2, 0) is 4.79 Å². The van der Waals surface area contributed by atoms with Crippen molar-refractivity contribution in [2.75, 3.05) is 5.32 Å². The number of amides is 1. The van der Waals surface area contributed by atoms with Crippen LogP contribution in [0.4, 0.5) is 5.69 Å². The van der Waals surface area contributed by atoms with Crippen molar-refractivity contribution in [1.29, 1.82) is 5.26 Å². The van der Waals surface area contributed by atoms with Crippen LogP contribution in [0.2, 0.25) is 0 Å². The second-order valence-corrected chi connectivity index (χ2v) is 2.96. The smallest absolute Gasteiger partial charge is 0.239 e. The maximum absolute atomic E-state index is 10.7. The first-order chi connectivity index (χ1) is 6.63. The average molecular weight is 189 g/mol. The Hall–Kier alpha value is -2.02. The van der Waals surface area contributed by atoms with E-state index in [9.17, 15) is 4.79 Å². The zero-order valence-corrected chi connectivity index (χ0v) is 7.82. The molecule has 0 radical (unpaired) electrons. The van der Waals surface area contributed by atoms with Gasteiger partial charge in [0.05, 0.1) is 11.6 Å². The number of rotatable bonds is 3. The minimum Gasteiger partial charge on any atom is -0.374 e. The first-order valence-electron chi connectivity index (χ1n) is 4.19. The fourth-order valence-corrected chi connectivity index (χ4v) is 0.962. The van der Waals surface area contributed by atoms with Crippen molar-refractivity contribution in [2.45, 2.75) is 13.0 Å². The Labute approximate surface area is 82.3 Å². The van der Waals surface area contributed by atoms with Gasteiger partial charge < -0.3 is 11.1 Å². The Morgan fingerprint density at radius 2 is 2.07 bits per heavy atom. The summed E-state index contributed by atoms with van der Waals surface area (Å²) < 4.78 is 0. The van der Waals surface area contributed by atoms with Crippen LogP contribution in [0.15, 0.2) is 24.3 Å². The van der Waals surface area contributed by atoms with Crippen LogP contribution in [0, 0.1) is 11.3 Å². The molecule has 4 nitrogen and oxygen atoms in total. The average Bonchev–Trinajstić information content (AvgIpc) is 2.19. The molecule has 4 heteroatoms. The molecule has 0 unspecified atom stereocenters. The molecule has 1 aromatic rings. The molecule has 0 heterocycles. The minimum absolute atomic E-state index is 0.408. The number of nitriles is 1. The van der Waals surface area contributed by atoms with Gasteiger partial charge in [-0.25, -0.2) is 0 Å². The van der Waals surface area contributed by atoms with E-state index < -0.39 is 11.9 Å². The van der Waals surface area contributed by atoms with Gasteiger partial charge in [-0.3, -0.25) is 4.79 Å². The summed E-state index contributed by atoms with van der Waals surface area (Å²) in [4.78, 5) is 10.7. The number of nitrogens with zero attached hydrogens (tertiary/aromatic N) is 1. The molecule has 0 aliphatic carbocycles. The molecule has 0 aromatic heterocycles. The summed E-state index contributed by atoms with van der Waals surface area (Å²) in [6.45, 7) is 1.68. The molecule has 1 amide bonds. The summed E-state index contributed by atoms with van der Waals surface area (Å²) in [5.41, 5.74) is 6.44. The van der Waals surface area contributed by atoms with E-state index in [-0.39, 0.29) is 0 Å². The molecule has 72 valence electrons. The van der Waals surface area contributed by atoms with Crippen LogP contribution >= 0.6 is 0 Å². The van der Waals surface area contributed by atoms with E-state index in [4.69, 9.17) is 11.0 Å². The van der Waals surface area contributed by atoms with Gasteiger partial charge in [0.15, 0.2) is 0 Å². The second-order valence-electron chi connectivity index (χ2n) is 2.96. The molecule has 1 aromatic carbocycles. The second kappa shape index (κ2) is 4.28. The van der Waals surface area contributed by atoms with E-state index in [1.165, 1.54) is 0 Å². The SMILES string of the molecule is C[C@@H](Nc1ccc(C#N)cc1)C(N)=O. The van der Waals surface area contributed by atoms with Crippen molar-refractivity contribution >= 4 is 11.6 Å². The highest BCUT2D eigenvalue weighted by atomic mass is 16.1. The van der Waals surface area contributed by atoms with Gasteiger partial charge in [-0.1, -0.05) is 0 Å². The van der Waals surface area contributed by atoms with E-state index >= 15 is 0 Å². The van der Waals surface area contributed by atoms with Crippen LogP contribution in [0.25, 0.3) is 0 Å². The van der Waals surface area contributed by atoms with Gasteiger partial charge in [-0.15, -0.1) is 0 Å². The quantitative estimate of drug-likeness (QED) is 0.739. The molecule has 0 saturated carbocycles. The van der Waals surface area contributed by atoms with Crippen LogP contribution in [-0.4, -0.2) is 11.9 Å². The maximum Gasteiger partial charge on any atom is 0.239 e. The standard InChI is InChI=1S/C10H11N3O/c1-7(10(12)14)13-9-4-2-8(6-11)3-5-9/h2-5,7,13H,1H3,(H2,12,14)/t7-/m1/s1. The van der Waals surface area contributed by atoms with Crippen molar-refractivity contribution < 1.29 is 4.79 Å². The monoisotopic (exact) mass is 189 g/mol. The van der Waals surface area contributed by atoms with Crippen molar-refractivity contribution in [3.8, 4) is 6.07 Å². The third-order valence-electron chi connectivity index (χ3n) is 1.82. The van der Waals surface area contributed by atoms with Gasteiger partial charge in [0.1, 0.15) is 6.04 Å². The summed E-state index contributed by atoms with van der Waals surface area (Å²) >= 11 is 0. The predicted octanol–water partition coefficient (Wildman–Crippen LogP) is 0.844. The molecule has 0 aliphatic rings. The number of primary amides is 1. The number of carbonyl (C=O) groups is 1. The number of nitrogens with one attached hydrogen (secondary N) is 1. The van der Waals surface area contributed by atoms with Crippen LogP contribution in [0.3, 0.4) is 0 Å². The molecule has 14 heavy (non-hydrogen) atoms. The molecule has 0 bridgehead atoms. The Balaban J connectivity index is 2.70. The lowest BCUT2D eigenvalue weighted by molar-refractivity contribution is -0.118. The molecule has 3 N–H and O–H groups in total. The summed E-state index contributed by atoms with van der Waals surface area (Å²) in [6.07, 6.45) is 0. The Kier molecular flexibility index (Phi) is 3.08. The number of hydrogen-bond donors (Lipinski definition) is 2. The van der Waals surface area contributed by atoms with Gasteiger partial charge in [-0.05, 0) is 31.2 Å². The summed E-state index contributed by atoms with van der Waals surface area (Å²) in [5, 5.41) is 11.5. The number of hydrogen-bond acceptors (Lipinski definition) is 3. The van der Waals surface area contributed by atoms with E-state index in [1.54, 1.807) is 31.2 Å². The Morgan fingerprint density at radius 3 is 2.50 bits per heavy atom. The fraction of sp³-hybridized carbons (Fsp3) is 0.200. The third kappa shape index (κ3) is 2.49. The van der Waals surface area contributed by atoms with Crippen LogP contribution in [0.1, 0.15) is 12.5 Å². The number of anilines is 1. The van der Waals surface area contributed by atoms with E-state index in [2.05, 4.69) is 5.32 Å². The molecular formula is C10H11N3O. The van der Waals surface area contributed by atoms with Gasteiger partial charge in [0, 0.05) is 5.69 Å². The molecule has 0 aliphatic heterocycles. The highest BCUT2D eigenvalue weighted by Crippen LogP contribution is 2.09. The third-order valence-corrected chi connectivity index (χ3v) is 1.82. The molecular weight excluding hydrogens is 178 g/mol. The van der Waals surface area contributed by atoms with Crippen molar-refractivity contribution in [2.24, 2.45) is 5.73 Å². The minimum atomic E-state index is -0.414. The number of benzene rings is 1. The van der Waals surface area contributed by atoms with E-state index in [1.807, 2.05) is 6.07 Å². The first kappa shape index (κ1) is 10.1. The van der Waals surface area contributed by atoms with Gasteiger partial charge in [-0.2, -0.15) is 5.26 Å². The Morgan fingerprint density at radius 1 is 1.50 bits per heavy atom. The topological polar surface area (TPSA) is 78.9 Å². The van der Waals surface area contributed by atoms with Crippen LogP contribution < -0.4 is 11.1 Å². The molecule has 1 atom stereocenters. The Bertz CT molecular complexity index is 364. The first-order valence-corrected chi connectivity index (χ1v) is 4.19. The normalized spacial score (nSPS) is 11.4. The van der Waals surface area contributed by atoms with Crippen LogP contribution in [0.5, 0.6) is 0 Å². The van der Waals surface area contributed by atoms with Crippen molar-refractivity contribution in [1.82, 2.24) is 0 Å². The molecule has 1 rings (SSSR count). The largest absolute Gasteiger partial charge is 0.374 e. The summed E-state index contributed by atoms with van der Waals surface area (Å²) in [5.74, 6) is -0.408. The van der Waals surface area contributed by atoms with Gasteiger partial charge in [0.25, 0.3) is 0 Å². The van der Waals surface area contributed by atoms with Gasteiger partial charge in [0.2, 0.25) is 5.91 Å².